The van der Waals surface area contributed by atoms with Crippen molar-refractivity contribution in [2.45, 2.75) is 0 Å². The second kappa shape index (κ2) is 5.13. The van der Waals surface area contributed by atoms with Crippen LogP contribution in [0.5, 0.6) is 11.6 Å². The molecule has 1 aromatic carbocycles. The van der Waals surface area contributed by atoms with Gasteiger partial charge in [-0.2, -0.15) is 9.07 Å². The smallest absolute Gasteiger partial charge is 0.432 e. The van der Waals surface area contributed by atoms with Crippen LogP contribution in [0.2, 0.25) is 5.02 Å². The molecule has 0 radical (unpaired) electrons. The van der Waals surface area contributed by atoms with Crippen molar-refractivity contribution < 1.29 is 24.0 Å². The van der Waals surface area contributed by atoms with Gasteiger partial charge in [-0.15, -0.1) is 5.10 Å². The van der Waals surface area contributed by atoms with Gasteiger partial charge in [0.1, 0.15) is 0 Å². The summed E-state index contributed by atoms with van der Waals surface area (Å²) in [6.07, 6.45) is -0.228. The summed E-state index contributed by atoms with van der Waals surface area (Å²) < 4.78 is 19.1. The Bertz CT molecular complexity index is 702. The van der Waals surface area contributed by atoms with Gasteiger partial charge in [0.15, 0.2) is 5.75 Å². The zero-order valence-corrected chi connectivity index (χ0v) is 10.2. The molecule has 0 unspecified atom stereocenters. The van der Waals surface area contributed by atoms with Crippen LogP contribution in [-0.4, -0.2) is 25.9 Å². The van der Waals surface area contributed by atoms with E-state index in [0.29, 0.717) is 4.68 Å². The standard InChI is InChI=1S/C10H5ClFN3O5/c11-5-3-7(15(18)19)6(12)4-8(5)20-9-1-2-14(13-9)10(16)17/h1-4H,(H,16,17). The maximum absolute atomic E-state index is 13.4. The van der Waals surface area contributed by atoms with Gasteiger partial charge in [0.2, 0.25) is 11.7 Å². The average molecular weight is 302 g/mol. The third-order valence-electron chi connectivity index (χ3n) is 2.17. The van der Waals surface area contributed by atoms with E-state index < -0.39 is 22.5 Å². The molecule has 1 aromatic heterocycles. The monoisotopic (exact) mass is 301 g/mol. The molecule has 2 aromatic rings. The number of halogens is 2. The summed E-state index contributed by atoms with van der Waals surface area (Å²) in [5.74, 6) is -1.50. The Labute approximate surface area is 115 Å². The molecule has 0 saturated carbocycles. The van der Waals surface area contributed by atoms with Crippen LogP contribution in [0.4, 0.5) is 14.9 Å². The predicted octanol–water partition coefficient (Wildman–Crippen LogP) is 2.90. The summed E-state index contributed by atoms with van der Waals surface area (Å²) in [6.45, 7) is 0. The maximum atomic E-state index is 13.4. The topological polar surface area (TPSA) is 107 Å². The number of nitro groups is 1. The summed E-state index contributed by atoms with van der Waals surface area (Å²) in [7, 11) is 0. The molecule has 0 aliphatic rings. The highest BCUT2D eigenvalue weighted by molar-refractivity contribution is 6.32. The van der Waals surface area contributed by atoms with Gasteiger partial charge >= 0.3 is 11.8 Å². The molecule has 0 spiro atoms. The number of nitro benzene ring substituents is 1. The molecular formula is C10H5ClFN3O5. The molecule has 1 N–H and O–H groups in total. The normalized spacial score (nSPS) is 10.3. The van der Waals surface area contributed by atoms with E-state index in [-0.39, 0.29) is 16.7 Å². The fraction of sp³-hybridized carbons (Fsp3) is 0. The minimum absolute atomic E-state index is 0.150. The van der Waals surface area contributed by atoms with Crippen molar-refractivity contribution in [3.05, 3.63) is 45.4 Å². The van der Waals surface area contributed by atoms with E-state index in [2.05, 4.69) is 5.10 Å². The third-order valence-corrected chi connectivity index (χ3v) is 2.47. The van der Waals surface area contributed by atoms with Crippen LogP contribution in [0.1, 0.15) is 0 Å². The van der Waals surface area contributed by atoms with E-state index in [4.69, 9.17) is 21.4 Å². The zero-order chi connectivity index (χ0) is 14.9. The Kier molecular flexibility index (Phi) is 3.53. The number of aromatic nitrogens is 2. The van der Waals surface area contributed by atoms with Crippen LogP contribution >= 0.6 is 11.6 Å². The molecule has 104 valence electrons. The first-order chi connectivity index (χ1) is 9.38. The Balaban J connectivity index is 2.31. The van der Waals surface area contributed by atoms with Gasteiger partial charge < -0.3 is 9.84 Å². The van der Waals surface area contributed by atoms with Gasteiger partial charge in [-0.25, -0.2) is 4.79 Å². The third kappa shape index (κ3) is 2.67. The first-order valence-corrected chi connectivity index (χ1v) is 5.36. The van der Waals surface area contributed by atoms with Crippen molar-refractivity contribution in [2.24, 2.45) is 0 Å². The van der Waals surface area contributed by atoms with Gasteiger partial charge in [-0.1, -0.05) is 11.6 Å². The lowest BCUT2D eigenvalue weighted by Crippen LogP contribution is -2.07. The molecule has 0 saturated heterocycles. The summed E-state index contributed by atoms with van der Waals surface area (Å²) in [5, 5.41) is 22.5. The summed E-state index contributed by atoms with van der Waals surface area (Å²) in [6, 6.07) is 2.73. The number of benzene rings is 1. The van der Waals surface area contributed by atoms with E-state index in [1.54, 1.807) is 0 Å². The molecule has 2 rings (SSSR count). The Morgan fingerprint density at radius 2 is 2.25 bits per heavy atom. The molecule has 8 nitrogen and oxygen atoms in total. The lowest BCUT2D eigenvalue weighted by atomic mass is 10.3. The van der Waals surface area contributed by atoms with Crippen molar-refractivity contribution in [3.8, 4) is 11.6 Å². The van der Waals surface area contributed by atoms with Crippen molar-refractivity contribution in [2.75, 3.05) is 0 Å². The number of rotatable bonds is 3. The van der Waals surface area contributed by atoms with Crippen LogP contribution in [0.15, 0.2) is 24.4 Å². The molecule has 0 atom stereocenters. The maximum Gasteiger partial charge on any atom is 0.432 e. The van der Waals surface area contributed by atoms with Crippen molar-refractivity contribution >= 4 is 23.4 Å². The van der Waals surface area contributed by atoms with Gasteiger partial charge in [-0.05, 0) is 0 Å². The molecular weight excluding hydrogens is 297 g/mol. The number of carboxylic acid groups (broad SMARTS) is 1. The van der Waals surface area contributed by atoms with Crippen LogP contribution < -0.4 is 4.74 Å². The fourth-order valence-corrected chi connectivity index (χ4v) is 1.51. The second-order valence-corrected chi connectivity index (χ2v) is 3.88. The van der Waals surface area contributed by atoms with Gasteiger partial charge in [0.25, 0.3) is 0 Å². The van der Waals surface area contributed by atoms with Crippen LogP contribution in [0.3, 0.4) is 0 Å². The lowest BCUT2D eigenvalue weighted by molar-refractivity contribution is -0.387. The lowest BCUT2D eigenvalue weighted by Gasteiger charge is -2.04. The van der Waals surface area contributed by atoms with E-state index >= 15 is 0 Å². The zero-order valence-electron chi connectivity index (χ0n) is 9.49. The fourth-order valence-electron chi connectivity index (χ4n) is 1.32. The van der Waals surface area contributed by atoms with E-state index in [9.17, 15) is 19.3 Å². The van der Waals surface area contributed by atoms with Crippen molar-refractivity contribution in [1.82, 2.24) is 9.78 Å². The van der Waals surface area contributed by atoms with E-state index in [1.807, 2.05) is 0 Å². The first kappa shape index (κ1) is 13.7. The molecule has 0 bridgehead atoms. The van der Waals surface area contributed by atoms with Gasteiger partial charge in [0.05, 0.1) is 9.95 Å². The van der Waals surface area contributed by atoms with Crippen LogP contribution in [0.25, 0.3) is 0 Å². The summed E-state index contributed by atoms with van der Waals surface area (Å²) in [4.78, 5) is 20.2. The Hall–Kier alpha value is -2.68. The number of carbonyl (C=O) groups is 1. The Morgan fingerprint density at radius 1 is 1.55 bits per heavy atom. The number of hydrogen-bond acceptors (Lipinski definition) is 5. The molecule has 0 fully saturated rings. The minimum atomic E-state index is -1.33. The molecule has 10 heteroatoms. The first-order valence-electron chi connectivity index (χ1n) is 4.98. The van der Waals surface area contributed by atoms with Gasteiger partial charge in [-0.3, -0.25) is 10.1 Å². The SMILES string of the molecule is O=C(O)n1ccc(Oc2cc(F)c([N+](=O)[O-])cc2Cl)n1. The number of nitrogens with zero attached hydrogens (tertiary/aromatic N) is 3. The highest BCUT2D eigenvalue weighted by Crippen LogP contribution is 2.33. The average Bonchev–Trinajstić information content (AvgIpc) is 2.81. The van der Waals surface area contributed by atoms with Crippen molar-refractivity contribution in [3.63, 3.8) is 0 Å². The van der Waals surface area contributed by atoms with Gasteiger partial charge in [0, 0.05) is 24.4 Å². The molecule has 0 aliphatic heterocycles. The molecule has 20 heavy (non-hydrogen) atoms. The molecule has 1 heterocycles. The van der Waals surface area contributed by atoms with Crippen LogP contribution in [0, 0.1) is 15.9 Å². The Morgan fingerprint density at radius 3 is 2.80 bits per heavy atom. The summed E-state index contributed by atoms with van der Waals surface area (Å²) in [5.41, 5.74) is -0.793. The highest BCUT2D eigenvalue weighted by Gasteiger charge is 2.19. The molecule has 0 amide bonds. The number of ether oxygens (including phenoxy) is 1. The number of hydrogen-bond donors (Lipinski definition) is 1. The quantitative estimate of drug-likeness (QED) is 0.690. The predicted molar refractivity (Wildman–Crippen MR) is 63.8 cm³/mol. The van der Waals surface area contributed by atoms with E-state index in [0.717, 1.165) is 18.3 Å². The highest BCUT2D eigenvalue weighted by atomic mass is 35.5. The molecule has 0 aliphatic carbocycles. The van der Waals surface area contributed by atoms with E-state index in [1.165, 1.54) is 6.07 Å². The largest absolute Gasteiger partial charge is 0.463 e. The second-order valence-electron chi connectivity index (χ2n) is 3.47. The summed E-state index contributed by atoms with van der Waals surface area (Å²) >= 11 is 5.72. The minimum Gasteiger partial charge on any atom is -0.463 e. The van der Waals surface area contributed by atoms with Crippen molar-refractivity contribution in [1.29, 1.82) is 0 Å². The van der Waals surface area contributed by atoms with Crippen LogP contribution in [-0.2, 0) is 0 Å².